The Morgan fingerprint density at radius 3 is 2.19 bits per heavy atom. The molecule has 36 heavy (non-hydrogen) atoms. The topological polar surface area (TPSA) is 90.5 Å². The van der Waals surface area contributed by atoms with E-state index in [0.29, 0.717) is 5.75 Å². The standard InChI is InChI=1S/C19H17NO2.C10H8O3S/c1-20-16(11-9-15-5-3-4-6-17(15)20)10-7-14-8-12-18(21)19(13-14)22-2;11-14(12,13)10-6-5-8-3-1-2-4-9(8)7-10/h3-13H,1-2H3;1-7H,(H,11,12,13). The molecule has 0 saturated heterocycles. The van der Waals surface area contributed by atoms with Gasteiger partial charge in [-0.25, -0.2) is 8.42 Å². The van der Waals surface area contributed by atoms with Crippen LogP contribution in [0.4, 0.5) is 0 Å². The number of phenols is 1. The van der Waals surface area contributed by atoms with E-state index >= 15 is 0 Å². The monoisotopic (exact) mass is 499 g/mol. The van der Waals surface area contributed by atoms with Crippen molar-refractivity contribution in [3.8, 4) is 11.5 Å². The minimum Gasteiger partial charge on any atom is -0.744 e. The van der Waals surface area contributed by atoms with Gasteiger partial charge in [0.15, 0.2) is 11.5 Å². The van der Waals surface area contributed by atoms with Crippen molar-refractivity contribution in [1.82, 2.24) is 0 Å². The Balaban J connectivity index is 0.000000187. The van der Waals surface area contributed by atoms with Crippen molar-refractivity contribution in [3.05, 3.63) is 108 Å². The highest BCUT2D eigenvalue weighted by molar-refractivity contribution is 7.85. The Hall–Kier alpha value is -4.20. The van der Waals surface area contributed by atoms with Gasteiger partial charge in [0.05, 0.1) is 12.0 Å². The van der Waals surface area contributed by atoms with Crippen LogP contribution < -0.4 is 9.30 Å². The van der Waals surface area contributed by atoms with Crippen LogP contribution in [0.2, 0.25) is 0 Å². The fourth-order valence-corrected chi connectivity index (χ4v) is 4.34. The molecule has 0 unspecified atom stereocenters. The molecule has 1 heterocycles. The summed E-state index contributed by atoms with van der Waals surface area (Å²) in [4.78, 5) is -0.184. The Kier molecular flexibility index (Phi) is 7.33. The molecule has 0 aliphatic heterocycles. The van der Waals surface area contributed by atoms with E-state index in [1.807, 2.05) is 42.5 Å². The van der Waals surface area contributed by atoms with Crippen LogP contribution in [0.15, 0.2) is 102 Å². The van der Waals surface area contributed by atoms with Gasteiger partial charge in [-0.05, 0) is 58.8 Å². The fraction of sp³-hybridized carbons (Fsp3) is 0.0690. The number of nitrogens with zero attached hydrogens (tertiary/aromatic N) is 1. The summed E-state index contributed by atoms with van der Waals surface area (Å²) in [6.45, 7) is 0. The van der Waals surface area contributed by atoms with Gasteiger partial charge < -0.3 is 14.4 Å². The first-order valence-electron chi connectivity index (χ1n) is 11.1. The van der Waals surface area contributed by atoms with E-state index in [1.165, 1.54) is 23.0 Å². The third kappa shape index (κ3) is 5.71. The smallest absolute Gasteiger partial charge is 0.212 e. The quantitative estimate of drug-likeness (QED) is 0.268. The van der Waals surface area contributed by atoms with E-state index in [-0.39, 0.29) is 10.6 Å². The molecule has 0 amide bonds. The number of aryl methyl sites for hydroxylation is 1. The van der Waals surface area contributed by atoms with Crippen LogP contribution in [0.5, 0.6) is 11.5 Å². The zero-order valence-corrected chi connectivity index (χ0v) is 20.6. The summed E-state index contributed by atoms with van der Waals surface area (Å²) in [5, 5.41) is 12.5. The largest absolute Gasteiger partial charge is 0.744 e. The number of aromatic hydroxyl groups is 1. The first kappa shape index (κ1) is 24.9. The highest BCUT2D eigenvalue weighted by Crippen LogP contribution is 2.27. The third-order valence-corrected chi connectivity index (χ3v) is 6.61. The molecule has 0 atom stereocenters. The van der Waals surface area contributed by atoms with Crippen molar-refractivity contribution < 1.29 is 27.4 Å². The molecule has 0 radical (unpaired) electrons. The second-order valence-electron chi connectivity index (χ2n) is 8.10. The van der Waals surface area contributed by atoms with E-state index in [0.717, 1.165) is 22.0 Å². The lowest BCUT2D eigenvalue weighted by Crippen LogP contribution is -2.32. The minimum atomic E-state index is -4.34. The molecule has 1 N–H and O–H groups in total. The Bertz CT molecular complexity index is 1680. The Morgan fingerprint density at radius 1 is 0.806 bits per heavy atom. The molecule has 0 aliphatic rings. The average molecular weight is 500 g/mol. The van der Waals surface area contributed by atoms with Gasteiger partial charge in [-0.2, -0.15) is 4.57 Å². The number of rotatable bonds is 4. The predicted octanol–water partition coefficient (Wildman–Crippen LogP) is 5.29. The summed E-state index contributed by atoms with van der Waals surface area (Å²) in [5.41, 5.74) is 3.27. The van der Waals surface area contributed by atoms with Gasteiger partial charge in [0.2, 0.25) is 11.2 Å². The molecule has 7 heteroatoms. The van der Waals surface area contributed by atoms with Crippen LogP contribution in [0.1, 0.15) is 11.3 Å². The molecule has 1 aromatic heterocycles. The van der Waals surface area contributed by atoms with Crippen LogP contribution in [0.3, 0.4) is 0 Å². The van der Waals surface area contributed by atoms with Crippen molar-refractivity contribution in [2.45, 2.75) is 4.90 Å². The Labute approximate surface area is 210 Å². The van der Waals surface area contributed by atoms with Gasteiger partial charge in [-0.3, -0.25) is 0 Å². The van der Waals surface area contributed by atoms with Crippen LogP contribution in [-0.4, -0.2) is 25.2 Å². The van der Waals surface area contributed by atoms with Crippen molar-refractivity contribution in [2.24, 2.45) is 7.05 Å². The summed E-state index contributed by atoms with van der Waals surface area (Å²) < 4.78 is 39.4. The second-order valence-corrected chi connectivity index (χ2v) is 9.48. The maximum absolute atomic E-state index is 10.7. The summed E-state index contributed by atoms with van der Waals surface area (Å²) >= 11 is 0. The normalized spacial score (nSPS) is 11.4. The number of ether oxygens (including phenoxy) is 1. The molecular weight excluding hydrogens is 474 g/mol. The first-order valence-corrected chi connectivity index (χ1v) is 12.5. The number of fused-ring (bicyclic) bond motifs is 2. The van der Waals surface area contributed by atoms with E-state index in [4.69, 9.17) is 4.74 Å². The van der Waals surface area contributed by atoms with Gasteiger partial charge in [-0.1, -0.05) is 48.5 Å². The number of phenolic OH excluding ortho intramolecular Hbond substituents is 1. The maximum Gasteiger partial charge on any atom is 0.212 e. The summed E-state index contributed by atoms with van der Waals surface area (Å²) in [6, 6.07) is 29.4. The minimum absolute atomic E-state index is 0.149. The molecule has 4 aromatic carbocycles. The predicted molar refractivity (Wildman–Crippen MR) is 141 cm³/mol. The molecule has 182 valence electrons. The fourth-order valence-electron chi connectivity index (χ4n) is 3.83. The van der Waals surface area contributed by atoms with Gasteiger partial charge >= 0.3 is 0 Å². The SMILES string of the molecule is COc1cc(/C=C/c2ccc3ccccc3[n+]2C)ccc1O.O=S(=O)([O-])c1ccc2ccccc2c1. The van der Waals surface area contributed by atoms with Gasteiger partial charge in [0.1, 0.15) is 17.2 Å². The van der Waals surface area contributed by atoms with Gasteiger partial charge in [-0.15, -0.1) is 0 Å². The lowest BCUT2D eigenvalue weighted by atomic mass is 10.1. The highest BCUT2D eigenvalue weighted by Gasteiger charge is 2.08. The molecule has 6 nitrogen and oxygen atoms in total. The number of para-hydroxylation sites is 1. The van der Waals surface area contributed by atoms with E-state index < -0.39 is 10.1 Å². The maximum atomic E-state index is 10.7. The van der Waals surface area contributed by atoms with Crippen molar-refractivity contribution in [2.75, 3.05) is 7.11 Å². The van der Waals surface area contributed by atoms with Gasteiger partial charge in [0.25, 0.3) is 0 Å². The van der Waals surface area contributed by atoms with E-state index in [2.05, 4.69) is 42.0 Å². The van der Waals surface area contributed by atoms with E-state index in [9.17, 15) is 18.1 Å². The van der Waals surface area contributed by atoms with Crippen molar-refractivity contribution in [1.29, 1.82) is 0 Å². The van der Waals surface area contributed by atoms with Gasteiger partial charge in [0, 0.05) is 23.6 Å². The molecule has 5 rings (SSSR count). The first-order chi connectivity index (χ1) is 17.3. The Morgan fingerprint density at radius 2 is 1.47 bits per heavy atom. The van der Waals surface area contributed by atoms with Crippen molar-refractivity contribution in [3.63, 3.8) is 0 Å². The number of methoxy groups -OCH3 is 1. The van der Waals surface area contributed by atoms with Crippen molar-refractivity contribution >= 4 is 43.9 Å². The highest BCUT2D eigenvalue weighted by atomic mass is 32.2. The lowest BCUT2D eigenvalue weighted by molar-refractivity contribution is -0.646. The van der Waals surface area contributed by atoms with Crippen LogP contribution >= 0.6 is 0 Å². The molecular formula is C29H25NO5S. The van der Waals surface area contributed by atoms with Crippen LogP contribution in [0, 0.1) is 0 Å². The number of pyridine rings is 1. The molecule has 0 spiro atoms. The average Bonchev–Trinajstić information content (AvgIpc) is 2.89. The number of aromatic nitrogens is 1. The number of hydrogen-bond donors (Lipinski definition) is 1. The number of hydrogen-bond acceptors (Lipinski definition) is 5. The molecule has 5 aromatic rings. The molecule has 0 fully saturated rings. The van der Waals surface area contributed by atoms with E-state index in [1.54, 1.807) is 31.4 Å². The zero-order valence-electron chi connectivity index (χ0n) is 19.8. The lowest BCUT2D eigenvalue weighted by Gasteiger charge is -2.07. The van der Waals surface area contributed by atoms with Crippen LogP contribution in [-0.2, 0) is 17.2 Å². The summed E-state index contributed by atoms with van der Waals surface area (Å²) in [5.74, 6) is 0.626. The zero-order chi connectivity index (χ0) is 25.7. The molecule has 0 aliphatic carbocycles. The summed E-state index contributed by atoms with van der Waals surface area (Å²) in [7, 11) is -0.742. The molecule has 0 saturated carbocycles. The second kappa shape index (κ2) is 10.6. The number of benzene rings is 4. The summed E-state index contributed by atoms with van der Waals surface area (Å²) in [6.07, 6.45) is 4.06. The third-order valence-electron chi connectivity index (χ3n) is 5.78. The van der Waals surface area contributed by atoms with Crippen LogP contribution in [0.25, 0.3) is 33.8 Å². The molecule has 0 bridgehead atoms.